The Bertz CT molecular complexity index is 756. The number of nitrogens with zero attached hydrogens (tertiary/aromatic N) is 4. The van der Waals surface area contributed by atoms with Crippen LogP contribution in [0, 0.1) is 5.92 Å². The van der Waals surface area contributed by atoms with Crippen LogP contribution in [0.1, 0.15) is 32.5 Å². The number of rotatable bonds is 5. The number of thiazole rings is 1. The van der Waals surface area contributed by atoms with Crippen molar-refractivity contribution in [3.63, 3.8) is 0 Å². The summed E-state index contributed by atoms with van der Waals surface area (Å²) in [6, 6.07) is 2.05. The van der Waals surface area contributed by atoms with Gasteiger partial charge in [-0.1, -0.05) is 13.8 Å². The predicted octanol–water partition coefficient (Wildman–Crippen LogP) is 2.99. The van der Waals surface area contributed by atoms with Crippen LogP contribution < -0.4 is 5.32 Å². The normalized spacial score (nSPS) is 12.9. The summed E-state index contributed by atoms with van der Waals surface area (Å²) < 4.78 is 3.78. The Hall–Kier alpha value is -2.15. The predicted molar refractivity (Wildman–Crippen MR) is 87.2 cm³/mol. The van der Waals surface area contributed by atoms with Gasteiger partial charge in [0.1, 0.15) is 5.82 Å². The largest absolute Gasteiger partial charge is 0.311 e. The van der Waals surface area contributed by atoms with Crippen LogP contribution in [0.2, 0.25) is 0 Å². The minimum Gasteiger partial charge on any atom is -0.311 e. The Morgan fingerprint density at radius 3 is 2.95 bits per heavy atom. The zero-order chi connectivity index (χ0) is 15.7. The van der Waals surface area contributed by atoms with Crippen molar-refractivity contribution in [1.29, 1.82) is 0 Å². The van der Waals surface area contributed by atoms with E-state index >= 15 is 0 Å². The van der Waals surface area contributed by atoms with E-state index in [4.69, 9.17) is 0 Å². The summed E-state index contributed by atoms with van der Waals surface area (Å²) in [5.74, 6) is 1.09. The van der Waals surface area contributed by atoms with Crippen molar-refractivity contribution in [3.05, 3.63) is 35.7 Å². The lowest BCUT2D eigenvalue weighted by Gasteiger charge is -2.19. The van der Waals surface area contributed by atoms with Crippen molar-refractivity contribution in [3.8, 4) is 0 Å². The first kappa shape index (κ1) is 14.8. The van der Waals surface area contributed by atoms with Gasteiger partial charge in [0, 0.05) is 23.8 Å². The summed E-state index contributed by atoms with van der Waals surface area (Å²) in [5, 5.41) is 9.21. The number of hydrogen-bond acceptors (Lipinski definition) is 4. The SMILES string of the molecule is CC(C)C(C)n1nccc1NC(=O)Cc1cn2ccsc2n1. The second kappa shape index (κ2) is 5.92. The fourth-order valence-corrected chi connectivity index (χ4v) is 2.95. The number of anilines is 1. The van der Waals surface area contributed by atoms with Crippen molar-refractivity contribution < 1.29 is 4.79 Å². The minimum atomic E-state index is -0.0801. The minimum absolute atomic E-state index is 0.0801. The molecule has 116 valence electrons. The number of aromatic nitrogens is 4. The molecule has 7 heteroatoms. The number of hydrogen-bond donors (Lipinski definition) is 1. The van der Waals surface area contributed by atoms with Gasteiger partial charge in [-0.3, -0.25) is 9.20 Å². The molecule has 0 bridgehead atoms. The van der Waals surface area contributed by atoms with Crippen LogP contribution in [-0.4, -0.2) is 25.1 Å². The van der Waals surface area contributed by atoms with Gasteiger partial charge in [0.2, 0.25) is 5.91 Å². The van der Waals surface area contributed by atoms with Crippen molar-refractivity contribution in [2.24, 2.45) is 5.92 Å². The molecule has 3 heterocycles. The number of carbonyl (C=O) groups excluding carboxylic acids is 1. The molecule has 1 N–H and O–H groups in total. The van der Waals surface area contributed by atoms with Crippen molar-refractivity contribution >= 4 is 28.0 Å². The molecule has 0 aliphatic carbocycles. The number of amides is 1. The first-order valence-electron chi connectivity index (χ1n) is 7.29. The van der Waals surface area contributed by atoms with Gasteiger partial charge in [0.05, 0.1) is 24.4 Å². The third kappa shape index (κ3) is 2.89. The summed E-state index contributed by atoms with van der Waals surface area (Å²) in [5.41, 5.74) is 0.771. The van der Waals surface area contributed by atoms with E-state index in [2.05, 4.69) is 36.2 Å². The zero-order valence-corrected chi connectivity index (χ0v) is 13.7. The van der Waals surface area contributed by atoms with E-state index in [1.165, 1.54) is 0 Å². The first-order valence-corrected chi connectivity index (χ1v) is 8.17. The van der Waals surface area contributed by atoms with Gasteiger partial charge in [-0.15, -0.1) is 11.3 Å². The molecule has 0 spiro atoms. The summed E-state index contributed by atoms with van der Waals surface area (Å²) in [4.78, 5) is 17.6. The fourth-order valence-electron chi connectivity index (χ4n) is 2.23. The first-order chi connectivity index (χ1) is 10.5. The molecule has 0 fully saturated rings. The average Bonchev–Trinajstić information content (AvgIpc) is 3.13. The van der Waals surface area contributed by atoms with Gasteiger partial charge >= 0.3 is 0 Å². The Labute approximate surface area is 132 Å². The Morgan fingerprint density at radius 1 is 1.41 bits per heavy atom. The highest BCUT2D eigenvalue weighted by molar-refractivity contribution is 7.15. The topological polar surface area (TPSA) is 64.2 Å². The number of nitrogens with one attached hydrogen (secondary N) is 1. The maximum atomic E-state index is 12.2. The molecule has 1 amide bonds. The molecule has 0 aliphatic heterocycles. The monoisotopic (exact) mass is 317 g/mol. The molecular formula is C15H19N5OS. The van der Waals surface area contributed by atoms with Crippen LogP contribution in [0.4, 0.5) is 5.82 Å². The molecule has 0 aliphatic rings. The van der Waals surface area contributed by atoms with Crippen LogP contribution in [0.3, 0.4) is 0 Å². The fraction of sp³-hybridized carbons (Fsp3) is 0.400. The molecule has 0 aromatic carbocycles. The van der Waals surface area contributed by atoms with Crippen molar-refractivity contribution in [2.75, 3.05) is 5.32 Å². The maximum Gasteiger partial charge on any atom is 0.231 e. The zero-order valence-electron chi connectivity index (χ0n) is 12.9. The number of fused-ring (bicyclic) bond motifs is 1. The second-order valence-corrected chi connectivity index (χ2v) is 6.57. The highest BCUT2D eigenvalue weighted by atomic mass is 32.1. The van der Waals surface area contributed by atoms with Crippen molar-refractivity contribution in [2.45, 2.75) is 33.2 Å². The third-order valence-electron chi connectivity index (χ3n) is 3.77. The standard InChI is InChI=1S/C15H19N5OS/c1-10(2)11(3)20-13(4-5-16-20)18-14(21)8-12-9-19-6-7-22-15(19)17-12/h4-7,9-11H,8H2,1-3H3,(H,18,21). The lowest BCUT2D eigenvalue weighted by atomic mass is 10.1. The van der Waals surface area contributed by atoms with E-state index in [-0.39, 0.29) is 18.4 Å². The Balaban J connectivity index is 1.69. The molecule has 22 heavy (non-hydrogen) atoms. The van der Waals surface area contributed by atoms with Crippen LogP contribution in [-0.2, 0) is 11.2 Å². The molecule has 0 radical (unpaired) electrons. The van der Waals surface area contributed by atoms with Crippen LogP contribution in [0.15, 0.2) is 30.0 Å². The summed E-state index contributed by atoms with van der Waals surface area (Å²) in [7, 11) is 0. The molecule has 3 rings (SSSR count). The van der Waals surface area contributed by atoms with E-state index in [1.807, 2.05) is 32.9 Å². The summed E-state index contributed by atoms with van der Waals surface area (Å²) in [6.07, 6.45) is 5.80. The molecule has 1 unspecified atom stereocenters. The molecule has 0 saturated heterocycles. The molecule has 3 aromatic rings. The lowest BCUT2D eigenvalue weighted by Crippen LogP contribution is -2.21. The van der Waals surface area contributed by atoms with E-state index in [0.717, 1.165) is 16.5 Å². The van der Waals surface area contributed by atoms with E-state index < -0.39 is 0 Å². The van der Waals surface area contributed by atoms with Gasteiger partial charge in [-0.2, -0.15) is 5.10 Å². The molecule has 1 atom stereocenters. The molecule has 0 saturated carbocycles. The number of carbonyl (C=O) groups is 1. The van der Waals surface area contributed by atoms with Crippen LogP contribution in [0.5, 0.6) is 0 Å². The second-order valence-electron chi connectivity index (χ2n) is 5.70. The molecule has 3 aromatic heterocycles. The molecule has 6 nitrogen and oxygen atoms in total. The lowest BCUT2D eigenvalue weighted by molar-refractivity contribution is -0.115. The van der Waals surface area contributed by atoms with E-state index in [0.29, 0.717) is 5.92 Å². The van der Waals surface area contributed by atoms with Crippen LogP contribution >= 0.6 is 11.3 Å². The van der Waals surface area contributed by atoms with E-state index in [9.17, 15) is 4.79 Å². The number of imidazole rings is 1. The van der Waals surface area contributed by atoms with E-state index in [1.54, 1.807) is 17.5 Å². The highest BCUT2D eigenvalue weighted by Crippen LogP contribution is 2.21. The third-order valence-corrected chi connectivity index (χ3v) is 4.54. The van der Waals surface area contributed by atoms with Gasteiger partial charge in [0.15, 0.2) is 4.96 Å². The maximum absolute atomic E-state index is 12.2. The quantitative estimate of drug-likeness (QED) is 0.787. The molecular weight excluding hydrogens is 298 g/mol. The summed E-state index contributed by atoms with van der Waals surface area (Å²) >= 11 is 1.56. The summed E-state index contributed by atoms with van der Waals surface area (Å²) in [6.45, 7) is 6.36. The van der Waals surface area contributed by atoms with Crippen LogP contribution in [0.25, 0.3) is 4.96 Å². The Kier molecular flexibility index (Phi) is 3.98. The average molecular weight is 317 g/mol. The Morgan fingerprint density at radius 2 is 2.23 bits per heavy atom. The smallest absolute Gasteiger partial charge is 0.231 e. The van der Waals surface area contributed by atoms with Gasteiger partial charge in [0.25, 0.3) is 0 Å². The van der Waals surface area contributed by atoms with Gasteiger partial charge < -0.3 is 5.32 Å². The van der Waals surface area contributed by atoms with Crippen molar-refractivity contribution in [1.82, 2.24) is 19.2 Å². The highest BCUT2D eigenvalue weighted by Gasteiger charge is 2.16. The van der Waals surface area contributed by atoms with Gasteiger partial charge in [-0.25, -0.2) is 9.67 Å². The van der Waals surface area contributed by atoms with Gasteiger partial charge in [-0.05, 0) is 12.8 Å².